The number of hydrogen-bond donors (Lipinski definition) is 1. The first kappa shape index (κ1) is 23.4. The lowest BCUT2D eigenvalue weighted by Crippen LogP contribution is -2.28. The molecular weight excluding hydrogens is 477 g/mol. The summed E-state index contributed by atoms with van der Waals surface area (Å²) in [6.07, 6.45) is 1.23. The van der Waals surface area contributed by atoms with Crippen molar-refractivity contribution in [3.8, 4) is 11.8 Å². The standard InChI is InChI=1S/C23H19F3N8O2/c1-11(12-3-6-17(28-8-12)23(24,25)26)34-21-18(16(7-27)33-34)22(35)32-20(31-21)15-5-4-14(15)19-29-9-13(36-2)10-30-19/h3,6,8-11,14-15H,4-5H2,1-2H3,(H,31,32,35)/t11-,14-,15-/m0/s1. The van der Waals surface area contributed by atoms with Gasteiger partial charge in [0.05, 0.1) is 25.5 Å². The largest absolute Gasteiger partial charge is 0.494 e. The van der Waals surface area contributed by atoms with Gasteiger partial charge < -0.3 is 9.72 Å². The molecule has 1 fully saturated rings. The Morgan fingerprint density at radius 2 is 1.89 bits per heavy atom. The first-order valence-corrected chi connectivity index (χ1v) is 11.0. The third kappa shape index (κ3) is 3.94. The van der Waals surface area contributed by atoms with Gasteiger partial charge in [-0.1, -0.05) is 6.07 Å². The molecule has 3 atom stereocenters. The second kappa shape index (κ2) is 8.71. The van der Waals surface area contributed by atoms with Crippen LogP contribution in [0.1, 0.15) is 66.2 Å². The zero-order valence-corrected chi connectivity index (χ0v) is 19.1. The molecule has 0 amide bonds. The molecule has 4 heterocycles. The second-order valence-electron chi connectivity index (χ2n) is 8.48. The van der Waals surface area contributed by atoms with E-state index < -0.39 is 23.5 Å². The van der Waals surface area contributed by atoms with Gasteiger partial charge in [0.2, 0.25) is 0 Å². The molecule has 36 heavy (non-hydrogen) atoms. The van der Waals surface area contributed by atoms with Gasteiger partial charge in [-0.15, -0.1) is 0 Å². The van der Waals surface area contributed by atoms with Gasteiger partial charge in [-0.05, 0) is 31.4 Å². The van der Waals surface area contributed by atoms with E-state index in [0.29, 0.717) is 23.0 Å². The van der Waals surface area contributed by atoms with Crippen molar-refractivity contribution in [1.82, 2.24) is 34.7 Å². The lowest BCUT2D eigenvalue weighted by molar-refractivity contribution is -0.141. The van der Waals surface area contributed by atoms with Gasteiger partial charge in [0.1, 0.15) is 28.8 Å². The number of aromatic nitrogens is 7. The molecule has 0 aromatic carbocycles. The summed E-state index contributed by atoms with van der Waals surface area (Å²) in [5, 5.41) is 13.8. The quantitative estimate of drug-likeness (QED) is 0.444. The van der Waals surface area contributed by atoms with Gasteiger partial charge in [0.15, 0.2) is 17.1 Å². The minimum Gasteiger partial charge on any atom is -0.494 e. The van der Waals surface area contributed by atoms with Gasteiger partial charge in [0, 0.05) is 18.0 Å². The van der Waals surface area contributed by atoms with Crippen LogP contribution in [-0.2, 0) is 6.18 Å². The molecule has 0 saturated heterocycles. The van der Waals surface area contributed by atoms with Crippen LogP contribution in [0.4, 0.5) is 13.2 Å². The van der Waals surface area contributed by atoms with Crippen molar-refractivity contribution in [3.63, 3.8) is 0 Å². The Kier molecular flexibility index (Phi) is 5.66. The van der Waals surface area contributed by atoms with Crippen molar-refractivity contribution in [2.45, 2.75) is 43.8 Å². The van der Waals surface area contributed by atoms with E-state index in [2.05, 4.69) is 30.0 Å². The van der Waals surface area contributed by atoms with Crippen LogP contribution in [-0.4, -0.2) is 41.8 Å². The topological polar surface area (TPSA) is 135 Å². The number of halogens is 3. The molecule has 13 heteroatoms. The summed E-state index contributed by atoms with van der Waals surface area (Å²) in [4.78, 5) is 32.6. The molecule has 184 valence electrons. The van der Waals surface area contributed by atoms with Crippen LogP contribution in [0.5, 0.6) is 5.75 Å². The van der Waals surface area contributed by atoms with Crippen LogP contribution in [0, 0.1) is 11.3 Å². The van der Waals surface area contributed by atoms with Crippen molar-refractivity contribution >= 4 is 11.0 Å². The SMILES string of the molecule is COc1cnc([C@H]2CC[C@@H]2c2nc3c(c(C#N)nn3[C@@H](C)c3ccc(C(F)(F)F)nc3)c(=O)[nH]2)nc1. The normalized spacial score (nSPS) is 18.4. The monoisotopic (exact) mass is 496 g/mol. The summed E-state index contributed by atoms with van der Waals surface area (Å²) in [7, 11) is 1.52. The highest BCUT2D eigenvalue weighted by Gasteiger charge is 2.38. The number of ether oxygens (including phenoxy) is 1. The molecule has 4 aromatic heterocycles. The predicted molar refractivity (Wildman–Crippen MR) is 119 cm³/mol. The molecule has 1 aliphatic carbocycles. The first-order chi connectivity index (χ1) is 17.2. The van der Waals surface area contributed by atoms with E-state index in [1.165, 1.54) is 17.9 Å². The van der Waals surface area contributed by atoms with E-state index in [1.807, 2.05) is 6.07 Å². The number of aromatic amines is 1. The van der Waals surface area contributed by atoms with Crippen LogP contribution >= 0.6 is 0 Å². The Hall–Kier alpha value is -4.34. The van der Waals surface area contributed by atoms with Crippen LogP contribution < -0.4 is 10.3 Å². The Morgan fingerprint density at radius 3 is 2.44 bits per heavy atom. The molecule has 1 aliphatic rings. The third-order valence-corrected chi connectivity index (χ3v) is 6.45. The Bertz CT molecular complexity index is 1520. The van der Waals surface area contributed by atoms with Gasteiger partial charge >= 0.3 is 6.18 Å². The molecule has 1 N–H and O–H groups in total. The number of methoxy groups -OCH3 is 1. The molecule has 0 aliphatic heterocycles. The Morgan fingerprint density at radius 1 is 1.17 bits per heavy atom. The number of nitriles is 1. The maximum absolute atomic E-state index is 13.0. The zero-order chi connectivity index (χ0) is 25.6. The molecule has 1 saturated carbocycles. The summed E-state index contributed by atoms with van der Waals surface area (Å²) in [5.41, 5.74) is -1.08. The highest BCUT2D eigenvalue weighted by Crippen LogP contribution is 2.46. The summed E-state index contributed by atoms with van der Waals surface area (Å²) in [5.74, 6) is 1.31. The van der Waals surface area contributed by atoms with Crippen molar-refractivity contribution in [3.05, 3.63) is 69.7 Å². The number of alkyl halides is 3. The fourth-order valence-electron chi connectivity index (χ4n) is 4.31. The zero-order valence-electron chi connectivity index (χ0n) is 19.1. The fraction of sp³-hybridized carbons (Fsp3) is 0.348. The fourth-order valence-corrected chi connectivity index (χ4v) is 4.31. The van der Waals surface area contributed by atoms with Gasteiger partial charge in [0.25, 0.3) is 5.56 Å². The molecular formula is C23H19F3N8O2. The molecule has 0 bridgehead atoms. The van der Waals surface area contributed by atoms with Gasteiger partial charge in [-0.3, -0.25) is 9.78 Å². The molecule has 10 nitrogen and oxygen atoms in total. The van der Waals surface area contributed by atoms with Gasteiger partial charge in [-0.2, -0.15) is 23.5 Å². The Labute approximate surface area is 201 Å². The molecule has 0 unspecified atom stereocenters. The van der Waals surface area contributed by atoms with Crippen LogP contribution in [0.15, 0.2) is 35.5 Å². The highest BCUT2D eigenvalue weighted by atomic mass is 19.4. The summed E-state index contributed by atoms with van der Waals surface area (Å²) >= 11 is 0. The minimum absolute atomic E-state index is 0.0181. The smallest absolute Gasteiger partial charge is 0.433 e. The van der Waals surface area contributed by atoms with Crippen LogP contribution in [0.25, 0.3) is 11.0 Å². The van der Waals surface area contributed by atoms with E-state index in [4.69, 9.17) is 4.74 Å². The van der Waals surface area contributed by atoms with Crippen molar-refractivity contribution in [2.24, 2.45) is 0 Å². The molecule has 5 rings (SSSR count). The van der Waals surface area contributed by atoms with Crippen LogP contribution in [0.3, 0.4) is 0 Å². The van der Waals surface area contributed by atoms with E-state index in [0.717, 1.165) is 25.1 Å². The van der Waals surface area contributed by atoms with E-state index in [9.17, 15) is 23.2 Å². The third-order valence-electron chi connectivity index (χ3n) is 6.45. The number of rotatable bonds is 5. The number of fused-ring (bicyclic) bond motifs is 1. The van der Waals surface area contributed by atoms with Crippen molar-refractivity contribution < 1.29 is 17.9 Å². The van der Waals surface area contributed by atoms with E-state index in [1.54, 1.807) is 19.3 Å². The molecule has 0 radical (unpaired) electrons. The second-order valence-corrected chi connectivity index (χ2v) is 8.48. The average molecular weight is 496 g/mol. The highest BCUT2D eigenvalue weighted by molar-refractivity contribution is 5.80. The van der Waals surface area contributed by atoms with Gasteiger partial charge in [-0.25, -0.2) is 19.6 Å². The average Bonchev–Trinajstić information content (AvgIpc) is 3.22. The summed E-state index contributed by atoms with van der Waals surface area (Å²) in [6.45, 7) is 1.68. The maximum Gasteiger partial charge on any atom is 0.433 e. The number of pyridine rings is 1. The Balaban J connectivity index is 1.54. The lowest BCUT2D eigenvalue weighted by atomic mass is 9.72. The van der Waals surface area contributed by atoms with Crippen LogP contribution in [0.2, 0.25) is 0 Å². The van der Waals surface area contributed by atoms with Crippen molar-refractivity contribution in [2.75, 3.05) is 7.11 Å². The predicted octanol–water partition coefficient (Wildman–Crippen LogP) is 3.47. The molecule has 4 aromatic rings. The number of hydrogen-bond acceptors (Lipinski definition) is 8. The number of nitrogens with zero attached hydrogens (tertiary/aromatic N) is 7. The molecule has 0 spiro atoms. The number of nitrogens with one attached hydrogen (secondary N) is 1. The number of H-pyrrole nitrogens is 1. The first-order valence-electron chi connectivity index (χ1n) is 11.0. The summed E-state index contributed by atoms with van der Waals surface area (Å²) < 4.78 is 45.2. The van der Waals surface area contributed by atoms with Crippen molar-refractivity contribution in [1.29, 1.82) is 5.26 Å². The summed E-state index contributed by atoms with van der Waals surface area (Å²) in [6, 6.07) is 3.42. The van der Waals surface area contributed by atoms with E-state index in [-0.39, 0.29) is 28.6 Å². The minimum atomic E-state index is -4.56. The van der Waals surface area contributed by atoms with E-state index >= 15 is 0 Å². The maximum atomic E-state index is 13.0. The lowest BCUT2D eigenvalue weighted by Gasteiger charge is -2.34.